The van der Waals surface area contributed by atoms with Gasteiger partial charge in [0.25, 0.3) is 0 Å². The summed E-state index contributed by atoms with van der Waals surface area (Å²) in [7, 11) is 3.21. The van der Waals surface area contributed by atoms with E-state index in [2.05, 4.69) is 22.8 Å². The molecule has 6 nitrogen and oxygen atoms in total. The monoisotopic (exact) mass is 484 g/mol. The molecular formula is C25H28N2O4S2. The zero-order valence-electron chi connectivity index (χ0n) is 19.1. The zero-order chi connectivity index (χ0) is 23.8. The van der Waals surface area contributed by atoms with Crippen molar-refractivity contribution >= 4 is 39.6 Å². The second-order valence-corrected chi connectivity index (χ2v) is 8.82. The molecular weight excluding hydrogens is 456 g/mol. The topological polar surface area (TPSA) is 68.8 Å². The molecule has 1 unspecified atom stereocenters. The number of benzene rings is 2. The van der Waals surface area contributed by atoms with Crippen LogP contribution in [0, 0.1) is 0 Å². The molecule has 3 aromatic rings. The van der Waals surface area contributed by atoms with E-state index in [0.29, 0.717) is 33.8 Å². The molecule has 1 heterocycles. The summed E-state index contributed by atoms with van der Waals surface area (Å²) in [6.45, 7) is 4.09. The number of anilines is 1. The van der Waals surface area contributed by atoms with E-state index in [9.17, 15) is 4.79 Å². The molecule has 0 amide bonds. The molecule has 0 radical (unpaired) electrons. The highest BCUT2D eigenvalue weighted by Crippen LogP contribution is 2.32. The van der Waals surface area contributed by atoms with Crippen LogP contribution in [0.3, 0.4) is 0 Å². The first-order valence-corrected chi connectivity index (χ1v) is 11.8. The van der Waals surface area contributed by atoms with Gasteiger partial charge in [-0.1, -0.05) is 36.4 Å². The van der Waals surface area contributed by atoms with Gasteiger partial charge in [0, 0.05) is 11.3 Å². The van der Waals surface area contributed by atoms with Crippen molar-refractivity contribution in [3.8, 4) is 11.5 Å². The van der Waals surface area contributed by atoms with E-state index < -0.39 is 0 Å². The first kappa shape index (κ1) is 24.5. The van der Waals surface area contributed by atoms with Gasteiger partial charge in [0.05, 0.1) is 32.4 Å². The number of carbonyl (C=O) groups excluding carboxylic acids is 1. The van der Waals surface area contributed by atoms with Gasteiger partial charge in [-0.3, -0.25) is 0 Å². The van der Waals surface area contributed by atoms with Crippen molar-refractivity contribution < 1.29 is 19.0 Å². The van der Waals surface area contributed by atoms with E-state index in [1.165, 1.54) is 16.9 Å². The van der Waals surface area contributed by atoms with Crippen LogP contribution in [0.15, 0.2) is 54.6 Å². The summed E-state index contributed by atoms with van der Waals surface area (Å²) in [4.78, 5) is 13.6. The van der Waals surface area contributed by atoms with Crippen molar-refractivity contribution in [3.05, 3.63) is 76.2 Å². The van der Waals surface area contributed by atoms with Crippen molar-refractivity contribution in [2.45, 2.75) is 26.3 Å². The number of hydrogen-bond acceptors (Lipinski definition) is 6. The number of methoxy groups -OCH3 is 2. The first-order valence-electron chi connectivity index (χ1n) is 10.6. The molecule has 0 spiro atoms. The fourth-order valence-electron chi connectivity index (χ4n) is 3.32. The van der Waals surface area contributed by atoms with Crippen LogP contribution in [0.5, 0.6) is 11.5 Å². The lowest BCUT2D eigenvalue weighted by atomic mass is 10.1. The molecule has 2 aromatic carbocycles. The summed E-state index contributed by atoms with van der Waals surface area (Å²) >= 11 is 7.04. The molecule has 2 N–H and O–H groups in total. The van der Waals surface area contributed by atoms with Crippen molar-refractivity contribution in [1.82, 2.24) is 5.32 Å². The highest BCUT2D eigenvalue weighted by Gasteiger charge is 2.19. The van der Waals surface area contributed by atoms with Crippen molar-refractivity contribution in [1.29, 1.82) is 0 Å². The quantitative estimate of drug-likeness (QED) is 0.303. The maximum absolute atomic E-state index is 12.5. The molecule has 174 valence electrons. The zero-order valence-corrected chi connectivity index (χ0v) is 20.8. The molecule has 0 saturated heterocycles. The van der Waals surface area contributed by atoms with Gasteiger partial charge in [0.15, 0.2) is 16.6 Å². The van der Waals surface area contributed by atoms with E-state index in [-0.39, 0.29) is 12.0 Å². The smallest absolute Gasteiger partial charge is 0.341 e. The highest BCUT2D eigenvalue weighted by atomic mass is 32.1. The Morgan fingerprint density at radius 1 is 1.06 bits per heavy atom. The van der Waals surface area contributed by atoms with Gasteiger partial charge in [0.2, 0.25) is 0 Å². The summed E-state index contributed by atoms with van der Waals surface area (Å²) in [5.41, 5.74) is 2.64. The van der Waals surface area contributed by atoms with E-state index in [4.69, 9.17) is 26.4 Å². The van der Waals surface area contributed by atoms with Gasteiger partial charge < -0.3 is 24.8 Å². The lowest BCUT2D eigenvalue weighted by Crippen LogP contribution is -2.31. The highest BCUT2D eigenvalue weighted by molar-refractivity contribution is 7.80. The number of ether oxygens (including phenoxy) is 3. The number of rotatable bonds is 9. The number of hydrogen-bond donors (Lipinski definition) is 2. The third-order valence-corrected chi connectivity index (χ3v) is 6.25. The number of nitrogens with one attached hydrogen (secondary N) is 2. The van der Waals surface area contributed by atoms with E-state index >= 15 is 0 Å². The normalized spacial score (nSPS) is 11.4. The predicted octanol–water partition coefficient (Wildman–Crippen LogP) is 5.58. The Bertz CT molecular complexity index is 1100. The van der Waals surface area contributed by atoms with Crippen molar-refractivity contribution in [3.63, 3.8) is 0 Å². The van der Waals surface area contributed by atoms with E-state index in [0.717, 1.165) is 16.9 Å². The van der Waals surface area contributed by atoms with Crippen molar-refractivity contribution in [2.75, 3.05) is 26.1 Å². The third kappa shape index (κ3) is 6.46. The van der Waals surface area contributed by atoms with Crippen LogP contribution < -0.4 is 20.1 Å². The number of thiocarbonyl (C=S) groups is 1. The number of thiophene rings is 1. The van der Waals surface area contributed by atoms with Crippen molar-refractivity contribution in [2.24, 2.45) is 0 Å². The fraction of sp³-hybridized carbons (Fsp3) is 0.280. The number of esters is 1. The molecule has 0 saturated carbocycles. The lowest BCUT2D eigenvalue weighted by molar-refractivity contribution is 0.0528. The SMILES string of the molecule is CCOC(=O)c1cc(Cc2ccccc2)sc1NC(=S)NC(C)c1ccc(OC)c(OC)c1. The van der Waals surface area contributed by atoms with Crippen LogP contribution >= 0.6 is 23.6 Å². The van der Waals surface area contributed by atoms with Crippen LogP contribution in [-0.4, -0.2) is 31.9 Å². The Kier molecular flexibility index (Phi) is 8.68. The van der Waals surface area contributed by atoms with Gasteiger partial charge in [-0.05, 0) is 55.4 Å². The summed E-state index contributed by atoms with van der Waals surface area (Å²) in [6, 6.07) is 17.6. The molecule has 1 aromatic heterocycles. The molecule has 0 bridgehead atoms. The second-order valence-electron chi connectivity index (χ2n) is 7.27. The first-order chi connectivity index (χ1) is 15.9. The van der Waals surface area contributed by atoms with Crippen LogP contribution in [0.25, 0.3) is 0 Å². The Balaban J connectivity index is 1.75. The molecule has 3 rings (SSSR count). The lowest BCUT2D eigenvalue weighted by Gasteiger charge is -2.18. The Labute approximate surface area is 203 Å². The van der Waals surface area contributed by atoms with Crippen LogP contribution in [-0.2, 0) is 11.2 Å². The second kappa shape index (κ2) is 11.7. The fourth-order valence-corrected chi connectivity index (χ4v) is 4.75. The summed E-state index contributed by atoms with van der Waals surface area (Å²) in [5, 5.41) is 7.54. The Hall–Kier alpha value is -3.10. The van der Waals surface area contributed by atoms with Crippen LogP contribution in [0.4, 0.5) is 5.00 Å². The summed E-state index contributed by atoms with van der Waals surface area (Å²) in [5.74, 6) is 0.944. The van der Waals surface area contributed by atoms with E-state index in [1.807, 2.05) is 49.4 Å². The minimum absolute atomic E-state index is 0.0976. The molecule has 8 heteroatoms. The predicted molar refractivity (Wildman–Crippen MR) is 137 cm³/mol. The minimum atomic E-state index is -0.369. The van der Waals surface area contributed by atoms with Crippen LogP contribution in [0.1, 0.15) is 46.3 Å². The van der Waals surface area contributed by atoms with Gasteiger partial charge in [0.1, 0.15) is 5.00 Å². The maximum Gasteiger partial charge on any atom is 0.341 e. The third-order valence-electron chi connectivity index (χ3n) is 4.98. The average molecular weight is 485 g/mol. The standard InChI is InChI=1S/C25H28N2O4S2/c1-5-31-24(28)20-15-19(13-17-9-7-6-8-10-17)33-23(20)27-25(32)26-16(2)18-11-12-21(29-3)22(14-18)30-4/h6-12,14-16H,5,13H2,1-4H3,(H2,26,27,32). The van der Waals surface area contributed by atoms with E-state index in [1.54, 1.807) is 21.1 Å². The molecule has 0 aliphatic rings. The van der Waals surface area contributed by atoms with Crippen LogP contribution in [0.2, 0.25) is 0 Å². The maximum atomic E-state index is 12.5. The molecule has 0 aliphatic carbocycles. The Morgan fingerprint density at radius 2 is 1.79 bits per heavy atom. The minimum Gasteiger partial charge on any atom is -0.493 e. The largest absolute Gasteiger partial charge is 0.493 e. The summed E-state index contributed by atoms with van der Waals surface area (Å²) < 4.78 is 15.9. The van der Waals surface area contributed by atoms with Gasteiger partial charge in [-0.25, -0.2) is 4.79 Å². The molecule has 33 heavy (non-hydrogen) atoms. The molecule has 1 atom stereocenters. The Morgan fingerprint density at radius 3 is 2.45 bits per heavy atom. The average Bonchev–Trinajstić information content (AvgIpc) is 3.21. The summed E-state index contributed by atoms with van der Waals surface area (Å²) in [6.07, 6.45) is 0.724. The van der Waals surface area contributed by atoms with Gasteiger partial charge in [-0.2, -0.15) is 0 Å². The number of carbonyl (C=O) groups is 1. The molecule has 0 aliphatic heterocycles. The molecule has 0 fully saturated rings. The van der Waals surface area contributed by atoms with Gasteiger partial charge in [-0.15, -0.1) is 11.3 Å². The van der Waals surface area contributed by atoms with Gasteiger partial charge >= 0.3 is 5.97 Å².